The highest BCUT2D eigenvalue weighted by molar-refractivity contribution is 5.98. The van der Waals surface area contributed by atoms with E-state index in [9.17, 15) is 4.79 Å². The Balaban J connectivity index is 2.48. The van der Waals surface area contributed by atoms with Gasteiger partial charge in [-0.2, -0.15) is 0 Å². The molecular formula is C14H14O3Si. The molecule has 0 amide bonds. The predicted octanol–water partition coefficient (Wildman–Crippen LogP) is 1.82. The lowest BCUT2D eigenvalue weighted by atomic mass is 10.0. The van der Waals surface area contributed by atoms with E-state index in [1.54, 1.807) is 6.08 Å². The van der Waals surface area contributed by atoms with Crippen molar-refractivity contribution in [3.8, 4) is 0 Å². The largest absolute Gasteiger partial charge is 0.478 e. The van der Waals surface area contributed by atoms with E-state index in [1.807, 2.05) is 42.5 Å². The molecule has 0 aliphatic rings. The van der Waals surface area contributed by atoms with Crippen molar-refractivity contribution in [2.45, 2.75) is 6.10 Å². The summed E-state index contributed by atoms with van der Waals surface area (Å²) in [4.78, 5) is 10.6. The number of rotatable bonds is 4. The van der Waals surface area contributed by atoms with Gasteiger partial charge >= 0.3 is 5.97 Å². The molecule has 0 aromatic heterocycles. The number of carbonyl (C=O) groups is 1. The van der Waals surface area contributed by atoms with Crippen molar-refractivity contribution in [1.82, 2.24) is 0 Å². The summed E-state index contributed by atoms with van der Waals surface area (Å²) < 4.78 is 5.48. The van der Waals surface area contributed by atoms with Gasteiger partial charge < -0.3 is 9.53 Å². The van der Waals surface area contributed by atoms with Crippen LogP contribution in [0.1, 0.15) is 11.7 Å². The number of carboxylic acids is 1. The van der Waals surface area contributed by atoms with E-state index in [1.165, 1.54) is 0 Å². The topological polar surface area (TPSA) is 46.5 Å². The smallest absolute Gasteiger partial charge is 0.328 e. The molecule has 0 saturated carbocycles. The summed E-state index contributed by atoms with van der Waals surface area (Å²) in [6.45, 7) is 0. The summed E-state index contributed by atoms with van der Waals surface area (Å²) in [5.74, 6) is -0.959. The SMILES string of the molecule is O=C(O)C=CC(O[SiH3])c1cccc2ccccc12. The van der Waals surface area contributed by atoms with Gasteiger partial charge in [0.15, 0.2) is 0 Å². The monoisotopic (exact) mass is 258 g/mol. The fourth-order valence-electron chi connectivity index (χ4n) is 1.98. The Morgan fingerprint density at radius 1 is 1.22 bits per heavy atom. The zero-order valence-electron chi connectivity index (χ0n) is 10.0. The number of carboxylic acid groups (broad SMARTS) is 1. The van der Waals surface area contributed by atoms with Crippen LogP contribution in [-0.4, -0.2) is 21.6 Å². The average Bonchev–Trinajstić information content (AvgIpc) is 2.39. The van der Waals surface area contributed by atoms with E-state index in [0.29, 0.717) is 10.5 Å². The molecular weight excluding hydrogens is 244 g/mol. The van der Waals surface area contributed by atoms with E-state index in [4.69, 9.17) is 9.53 Å². The summed E-state index contributed by atoms with van der Waals surface area (Å²) in [5, 5.41) is 10.9. The van der Waals surface area contributed by atoms with Crippen LogP contribution in [-0.2, 0) is 9.22 Å². The first-order valence-corrected chi connectivity index (χ1v) is 6.45. The molecule has 3 nitrogen and oxygen atoms in total. The fraction of sp³-hybridized carbons (Fsp3) is 0.0714. The fourth-order valence-corrected chi connectivity index (χ4v) is 2.39. The Morgan fingerprint density at radius 3 is 2.67 bits per heavy atom. The third kappa shape index (κ3) is 2.67. The third-order valence-corrected chi connectivity index (χ3v) is 3.31. The summed E-state index contributed by atoms with van der Waals surface area (Å²) in [7, 11) is 0.549. The highest BCUT2D eigenvalue weighted by Gasteiger charge is 2.09. The lowest BCUT2D eigenvalue weighted by molar-refractivity contribution is -0.131. The molecule has 2 rings (SSSR count). The zero-order chi connectivity index (χ0) is 13.0. The van der Waals surface area contributed by atoms with Gasteiger partial charge in [0, 0.05) is 6.08 Å². The van der Waals surface area contributed by atoms with Gasteiger partial charge in [-0.25, -0.2) is 4.79 Å². The highest BCUT2D eigenvalue weighted by atomic mass is 28.2. The number of aliphatic carboxylic acids is 1. The molecule has 0 aliphatic carbocycles. The van der Waals surface area contributed by atoms with E-state index in [0.717, 1.165) is 22.4 Å². The highest BCUT2D eigenvalue weighted by Crippen LogP contribution is 2.26. The Bertz CT molecular complexity index is 587. The van der Waals surface area contributed by atoms with Gasteiger partial charge in [0.1, 0.15) is 10.5 Å². The Labute approximate surface area is 108 Å². The number of fused-ring (bicyclic) bond motifs is 1. The molecule has 18 heavy (non-hydrogen) atoms. The lowest BCUT2D eigenvalue weighted by Crippen LogP contribution is -2.01. The first-order valence-electron chi connectivity index (χ1n) is 5.64. The van der Waals surface area contributed by atoms with E-state index < -0.39 is 5.97 Å². The molecule has 0 fully saturated rings. The standard InChI is InChI=1S/C14H14O3Si/c15-14(16)9-8-13(17-18)12-7-3-5-10-4-1-2-6-11(10)12/h1-9,13H,18H3,(H,15,16). The minimum Gasteiger partial charge on any atom is -0.478 e. The maximum Gasteiger partial charge on any atom is 0.328 e. The van der Waals surface area contributed by atoms with Crippen molar-refractivity contribution >= 4 is 27.2 Å². The molecule has 0 saturated heterocycles. The second-order valence-electron chi connectivity index (χ2n) is 3.92. The molecule has 0 spiro atoms. The van der Waals surface area contributed by atoms with E-state index >= 15 is 0 Å². The van der Waals surface area contributed by atoms with Crippen molar-refractivity contribution in [2.75, 3.05) is 0 Å². The van der Waals surface area contributed by atoms with Gasteiger partial charge in [0.25, 0.3) is 0 Å². The van der Waals surface area contributed by atoms with Gasteiger partial charge in [0.05, 0.1) is 6.10 Å². The van der Waals surface area contributed by atoms with Crippen LogP contribution in [0.4, 0.5) is 0 Å². The second kappa shape index (κ2) is 5.62. The summed E-state index contributed by atoms with van der Waals surface area (Å²) in [5.41, 5.74) is 1.00. The van der Waals surface area contributed by atoms with Crippen molar-refractivity contribution in [1.29, 1.82) is 0 Å². The first-order chi connectivity index (χ1) is 8.72. The molecule has 0 heterocycles. The Hall–Kier alpha value is -1.91. The van der Waals surface area contributed by atoms with Gasteiger partial charge in [-0.3, -0.25) is 0 Å². The molecule has 1 atom stereocenters. The molecule has 4 heteroatoms. The maximum atomic E-state index is 10.6. The Morgan fingerprint density at radius 2 is 1.94 bits per heavy atom. The quantitative estimate of drug-likeness (QED) is 0.672. The number of benzene rings is 2. The van der Waals surface area contributed by atoms with Gasteiger partial charge in [-0.15, -0.1) is 0 Å². The van der Waals surface area contributed by atoms with Crippen LogP contribution < -0.4 is 0 Å². The minimum absolute atomic E-state index is 0.293. The first kappa shape index (κ1) is 12.5. The van der Waals surface area contributed by atoms with Gasteiger partial charge in [0.2, 0.25) is 0 Å². The lowest BCUT2D eigenvalue weighted by Gasteiger charge is -2.14. The maximum absolute atomic E-state index is 10.6. The van der Waals surface area contributed by atoms with Crippen molar-refractivity contribution in [3.05, 3.63) is 60.2 Å². The molecule has 0 aliphatic heterocycles. The van der Waals surface area contributed by atoms with Gasteiger partial charge in [-0.05, 0) is 22.4 Å². The summed E-state index contributed by atoms with van der Waals surface area (Å²) in [6, 6.07) is 14.0. The van der Waals surface area contributed by atoms with Crippen LogP contribution in [0.15, 0.2) is 54.6 Å². The summed E-state index contributed by atoms with van der Waals surface area (Å²) in [6.07, 6.45) is 2.42. The van der Waals surface area contributed by atoms with Crippen LogP contribution in [0.25, 0.3) is 10.8 Å². The molecule has 1 unspecified atom stereocenters. The zero-order valence-corrected chi connectivity index (χ0v) is 12.0. The van der Waals surface area contributed by atoms with Crippen LogP contribution >= 0.6 is 0 Å². The minimum atomic E-state index is -0.959. The number of hydrogen-bond acceptors (Lipinski definition) is 2. The molecule has 2 aromatic carbocycles. The van der Waals surface area contributed by atoms with E-state index in [-0.39, 0.29) is 6.10 Å². The van der Waals surface area contributed by atoms with Crippen molar-refractivity contribution in [3.63, 3.8) is 0 Å². The normalized spacial score (nSPS) is 13.1. The predicted molar refractivity (Wildman–Crippen MR) is 74.5 cm³/mol. The van der Waals surface area contributed by atoms with Crippen molar-refractivity contribution in [2.24, 2.45) is 0 Å². The van der Waals surface area contributed by atoms with E-state index in [2.05, 4.69) is 0 Å². The molecule has 92 valence electrons. The molecule has 2 aromatic rings. The van der Waals surface area contributed by atoms with Crippen LogP contribution in [0.5, 0.6) is 0 Å². The van der Waals surface area contributed by atoms with Gasteiger partial charge in [-0.1, -0.05) is 42.5 Å². The Kier molecular flexibility index (Phi) is 3.91. The average molecular weight is 258 g/mol. The second-order valence-corrected chi connectivity index (χ2v) is 4.39. The third-order valence-electron chi connectivity index (χ3n) is 2.80. The van der Waals surface area contributed by atoms with Crippen LogP contribution in [0.2, 0.25) is 0 Å². The molecule has 1 N–H and O–H groups in total. The van der Waals surface area contributed by atoms with Crippen LogP contribution in [0.3, 0.4) is 0 Å². The molecule has 0 bridgehead atoms. The van der Waals surface area contributed by atoms with Crippen LogP contribution in [0, 0.1) is 0 Å². The number of hydrogen-bond donors (Lipinski definition) is 1. The van der Waals surface area contributed by atoms with Crippen molar-refractivity contribution < 1.29 is 14.3 Å². The molecule has 0 radical (unpaired) electrons. The summed E-state index contributed by atoms with van der Waals surface area (Å²) >= 11 is 0.